The summed E-state index contributed by atoms with van der Waals surface area (Å²) >= 11 is 0. The average Bonchev–Trinajstić information content (AvgIpc) is 3.21. The molecule has 1 aliphatic carbocycles. The topological polar surface area (TPSA) is 84.6 Å². The maximum Gasteiger partial charge on any atom is 0.335 e. The molecule has 5 nitrogen and oxygen atoms in total. The van der Waals surface area contributed by atoms with Crippen LogP contribution in [0.5, 0.6) is 0 Å². The third kappa shape index (κ3) is 2.79. The summed E-state index contributed by atoms with van der Waals surface area (Å²) in [5, 5.41) is 9.06. The average molecular weight is 358 g/mol. The van der Waals surface area contributed by atoms with Gasteiger partial charge in [0.05, 0.1) is 11.1 Å². The van der Waals surface area contributed by atoms with Gasteiger partial charge in [-0.2, -0.15) is 0 Å². The highest BCUT2D eigenvalue weighted by Gasteiger charge is 2.32. The molecule has 0 radical (unpaired) electrons. The van der Waals surface area contributed by atoms with Crippen molar-refractivity contribution in [2.75, 3.05) is 0 Å². The Morgan fingerprint density at radius 3 is 2.19 bits per heavy atom. The van der Waals surface area contributed by atoms with Gasteiger partial charge in [0.15, 0.2) is 11.6 Å². The summed E-state index contributed by atoms with van der Waals surface area (Å²) < 4.78 is 5.78. The van der Waals surface area contributed by atoms with E-state index in [1.54, 1.807) is 55.5 Å². The molecule has 5 heteroatoms. The maximum atomic E-state index is 12.5. The second-order valence-electron chi connectivity index (χ2n) is 6.30. The molecule has 2 aromatic carbocycles. The predicted molar refractivity (Wildman–Crippen MR) is 98.9 cm³/mol. The van der Waals surface area contributed by atoms with Crippen molar-refractivity contribution >= 4 is 23.6 Å². The zero-order valence-electron chi connectivity index (χ0n) is 14.4. The van der Waals surface area contributed by atoms with Crippen molar-refractivity contribution in [1.29, 1.82) is 0 Å². The number of carbonyl (C=O) groups excluding carboxylic acids is 2. The molecule has 1 heterocycles. The third-order valence-electron chi connectivity index (χ3n) is 4.56. The van der Waals surface area contributed by atoms with Crippen molar-refractivity contribution in [2.45, 2.75) is 6.92 Å². The van der Waals surface area contributed by atoms with Crippen LogP contribution in [-0.2, 0) is 0 Å². The van der Waals surface area contributed by atoms with E-state index in [1.165, 1.54) is 12.1 Å². The van der Waals surface area contributed by atoms with Gasteiger partial charge in [0.2, 0.25) is 0 Å². The first kappa shape index (κ1) is 16.7. The van der Waals surface area contributed by atoms with E-state index in [0.717, 1.165) is 11.1 Å². The molecule has 1 aliphatic rings. The van der Waals surface area contributed by atoms with Crippen LogP contribution in [0.2, 0.25) is 0 Å². The number of carboxylic acid groups (broad SMARTS) is 1. The minimum absolute atomic E-state index is 0.0787. The van der Waals surface area contributed by atoms with Crippen LogP contribution in [0, 0.1) is 6.92 Å². The number of hydrogen-bond acceptors (Lipinski definition) is 4. The Balaban J connectivity index is 1.69. The van der Waals surface area contributed by atoms with Crippen molar-refractivity contribution in [2.24, 2.45) is 0 Å². The van der Waals surface area contributed by atoms with E-state index in [0.29, 0.717) is 22.6 Å². The van der Waals surface area contributed by atoms with E-state index in [9.17, 15) is 14.4 Å². The van der Waals surface area contributed by atoms with Gasteiger partial charge in [0.1, 0.15) is 11.5 Å². The highest BCUT2D eigenvalue weighted by molar-refractivity contribution is 6.41. The molecule has 27 heavy (non-hydrogen) atoms. The molecule has 0 saturated heterocycles. The van der Waals surface area contributed by atoms with Crippen LogP contribution in [-0.4, -0.2) is 22.6 Å². The second-order valence-corrected chi connectivity index (χ2v) is 6.30. The quantitative estimate of drug-likeness (QED) is 0.553. The summed E-state index contributed by atoms with van der Waals surface area (Å²) in [4.78, 5) is 36.0. The molecule has 0 aliphatic heterocycles. The number of Topliss-reactive ketones (excluding diaryl/α,β-unsaturated/α-hetero) is 2. The van der Waals surface area contributed by atoms with Gasteiger partial charge >= 0.3 is 5.97 Å². The van der Waals surface area contributed by atoms with Crippen LogP contribution >= 0.6 is 0 Å². The lowest BCUT2D eigenvalue weighted by atomic mass is 10.0. The van der Waals surface area contributed by atoms with Crippen LogP contribution in [0.25, 0.3) is 17.4 Å². The van der Waals surface area contributed by atoms with Gasteiger partial charge in [-0.3, -0.25) is 9.59 Å². The number of aryl methyl sites for hydroxylation is 1. The first-order chi connectivity index (χ1) is 13.0. The fourth-order valence-corrected chi connectivity index (χ4v) is 3.19. The molecule has 0 spiro atoms. The minimum atomic E-state index is -0.993. The number of fused-ring (bicyclic) bond motifs is 1. The molecule has 132 valence electrons. The van der Waals surface area contributed by atoms with E-state index >= 15 is 0 Å². The molecule has 0 fully saturated rings. The number of hydrogen-bond donors (Lipinski definition) is 1. The van der Waals surface area contributed by atoms with Crippen molar-refractivity contribution < 1.29 is 23.9 Å². The predicted octanol–water partition coefficient (Wildman–Crippen LogP) is 4.42. The zero-order chi connectivity index (χ0) is 19.1. The number of ketones is 2. The van der Waals surface area contributed by atoms with Gasteiger partial charge in [0.25, 0.3) is 0 Å². The van der Waals surface area contributed by atoms with Gasteiger partial charge in [-0.05, 0) is 42.8 Å². The molecule has 0 amide bonds. The summed E-state index contributed by atoms with van der Waals surface area (Å²) in [5.41, 5.74) is 2.59. The smallest absolute Gasteiger partial charge is 0.335 e. The number of furan rings is 1. The Bertz CT molecular complexity index is 1110. The fourth-order valence-electron chi connectivity index (χ4n) is 3.19. The maximum absolute atomic E-state index is 12.5. The molecule has 3 aromatic rings. The van der Waals surface area contributed by atoms with Gasteiger partial charge < -0.3 is 9.52 Å². The SMILES string of the molecule is Cc1cc(C(=O)O)ccc1-c1ccc(C=C2C(=O)c3ccccc3C2=O)o1. The summed E-state index contributed by atoms with van der Waals surface area (Å²) in [7, 11) is 0. The summed E-state index contributed by atoms with van der Waals surface area (Å²) in [5.74, 6) is -0.693. The molecular formula is C22H14O5. The van der Waals surface area contributed by atoms with Crippen molar-refractivity contribution in [3.8, 4) is 11.3 Å². The number of rotatable bonds is 3. The second kappa shape index (κ2) is 6.21. The van der Waals surface area contributed by atoms with Crippen LogP contribution in [0.3, 0.4) is 0 Å². The van der Waals surface area contributed by atoms with Crippen molar-refractivity contribution in [3.05, 3.63) is 88.2 Å². The highest BCUT2D eigenvalue weighted by atomic mass is 16.4. The Kier molecular flexibility index (Phi) is 3.85. The lowest BCUT2D eigenvalue weighted by molar-refractivity contribution is 0.0696. The Labute approximate surface area is 154 Å². The fraction of sp³-hybridized carbons (Fsp3) is 0.0455. The van der Waals surface area contributed by atoms with E-state index in [-0.39, 0.29) is 22.7 Å². The lowest BCUT2D eigenvalue weighted by Gasteiger charge is -2.04. The molecule has 1 aromatic heterocycles. The summed E-state index contributed by atoms with van der Waals surface area (Å²) in [6.45, 7) is 1.79. The van der Waals surface area contributed by atoms with Crippen LogP contribution < -0.4 is 0 Å². The first-order valence-electron chi connectivity index (χ1n) is 8.30. The minimum Gasteiger partial charge on any atom is -0.478 e. The molecule has 0 unspecified atom stereocenters. The van der Waals surface area contributed by atoms with E-state index in [4.69, 9.17) is 9.52 Å². The molecule has 0 bridgehead atoms. The van der Waals surface area contributed by atoms with E-state index < -0.39 is 5.97 Å². The summed E-state index contributed by atoms with van der Waals surface area (Å²) in [6, 6.07) is 14.9. The lowest BCUT2D eigenvalue weighted by Crippen LogP contribution is -1.99. The molecule has 0 saturated carbocycles. The van der Waals surface area contributed by atoms with E-state index in [1.807, 2.05) is 0 Å². The Morgan fingerprint density at radius 2 is 1.59 bits per heavy atom. The largest absolute Gasteiger partial charge is 0.478 e. The first-order valence-corrected chi connectivity index (χ1v) is 8.30. The molecule has 0 atom stereocenters. The number of carbonyl (C=O) groups is 3. The number of aromatic carboxylic acids is 1. The van der Waals surface area contributed by atoms with Gasteiger partial charge in [0, 0.05) is 16.7 Å². The standard InChI is InChI=1S/C22H14O5/c1-12-10-13(22(25)26)6-8-15(12)19-9-7-14(27-19)11-18-20(23)16-4-2-3-5-17(16)21(18)24/h2-11H,1H3,(H,25,26). The van der Waals surface area contributed by atoms with Crippen LogP contribution in [0.4, 0.5) is 0 Å². The van der Waals surface area contributed by atoms with Crippen molar-refractivity contribution in [3.63, 3.8) is 0 Å². The van der Waals surface area contributed by atoms with Crippen LogP contribution in [0.15, 0.2) is 64.6 Å². The summed E-state index contributed by atoms with van der Waals surface area (Å²) in [6.07, 6.45) is 1.45. The van der Waals surface area contributed by atoms with E-state index in [2.05, 4.69) is 0 Å². The number of benzene rings is 2. The van der Waals surface area contributed by atoms with Crippen LogP contribution in [0.1, 0.15) is 42.4 Å². The molecular weight excluding hydrogens is 344 g/mol. The Morgan fingerprint density at radius 1 is 0.926 bits per heavy atom. The van der Waals surface area contributed by atoms with Gasteiger partial charge in [-0.15, -0.1) is 0 Å². The van der Waals surface area contributed by atoms with Gasteiger partial charge in [-0.25, -0.2) is 4.79 Å². The third-order valence-corrected chi connectivity index (χ3v) is 4.56. The monoisotopic (exact) mass is 358 g/mol. The molecule has 1 N–H and O–H groups in total. The van der Waals surface area contributed by atoms with Crippen molar-refractivity contribution in [1.82, 2.24) is 0 Å². The van der Waals surface area contributed by atoms with Gasteiger partial charge in [-0.1, -0.05) is 30.3 Å². The Hall–Kier alpha value is -3.73. The highest BCUT2D eigenvalue weighted by Crippen LogP contribution is 2.30. The number of carboxylic acids is 1. The normalized spacial score (nSPS) is 13.0. The number of allylic oxidation sites excluding steroid dienone is 1. The molecule has 4 rings (SSSR count). The zero-order valence-corrected chi connectivity index (χ0v) is 14.4.